The highest BCUT2D eigenvalue weighted by atomic mass is 32.2. The molecule has 0 radical (unpaired) electrons. The molecular weight excluding hydrogens is 206 g/mol. The van der Waals surface area contributed by atoms with Gasteiger partial charge in [0.15, 0.2) is 0 Å². The number of hydrogen-bond donors (Lipinski definition) is 2. The second-order valence-electron chi connectivity index (χ2n) is 2.10. The molecule has 3 N–H and O–H groups in total. The Bertz CT molecular complexity index is 220. The maximum absolute atomic E-state index is 11.7. The number of alkyl halides is 2. The molecule has 0 spiro atoms. The van der Waals surface area contributed by atoms with Gasteiger partial charge in [-0.2, -0.15) is 8.78 Å². The van der Waals surface area contributed by atoms with Crippen molar-refractivity contribution in [3.8, 4) is 0 Å². The molecule has 80 valence electrons. The van der Waals surface area contributed by atoms with Gasteiger partial charge >= 0.3 is 5.76 Å². The standard InChI is InChI=1S/C5H12F2N2O3S/c6-5(7)13(10,11)9-2-4-12-3-1-8/h5,9H,1-4,8H2. The first-order chi connectivity index (χ1) is 6.00. The zero-order valence-corrected chi connectivity index (χ0v) is 7.69. The van der Waals surface area contributed by atoms with Gasteiger partial charge in [-0.05, 0) is 0 Å². The van der Waals surface area contributed by atoms with E-state index < -0.39 is 15.8 Å². The molecule has 0 aromatic carbocycles. The topological polar surface area (TPSA) is 81.4 Å². The zero-order valence-electron chi connectivity index (χ0n) is 6.87. The summed E-state index contributed by atoms with van der Waals surface area (Å²) in [6, 6.07) is 0. The van der Waals surface area contributed by atoms with Gasteiger partial charge in [0.25, 0.3) is 10.0 Å². The first-order valence-electron chi connectivity index (χ1n) is 3.55. The van der Waals surface area contributed by atoms with Crippen LogP contribution in [-0.4, -0.2) is 40.5 Å². The second-order valence-corrected chi connectivity index (χ2v) is 3.84. The highest BCUT2D eigenvalue weighted by molar-refractivity contribution is 7.89. The summed E-state index contributed by atoms with van der Waals surface area (Å²) >= 11 is 0. The van der Waals surface area contributed by atoms with Crippen molar-refractivity contribution in [3.05, 3.63) is 0 Å². The predicted molar refractivity (Wildman–Crippen MR) is 42.8 cm³/mol. The van der Waals surface area contributed by atoms with Gasteiger partial charge in [0, 0.05) is 13.1 Å². The van der Waals surface area contributed by atoms with Gasteiger partial charge in [0.05, 0.1) is 13.2 Å². The molecule has 0 saturated carbocycles. The third-order valence-electron chi connectivity index (χ3n) is 1.05. The number of halogens is 2. The third-order valence-corrected chi connectivity index (χ3v) is 2.12. The lowest BCUT2D eigenvalue weighted by atomic mass is 10.7. The highest BCUT2D eigenvalue weighted by Crippen LogP contribution is 2.00. The van der Waals surface area contributed by atoms with E-state index in [9.17, 15) is 17.2 Å². The van der Waals surface area contributed by atoms with Crippen LogP contribution >= 0.6 is 0 Å². The first-order valence-corrected chi connectivity index (χ1v) is 5.10. The molecule has 5 nitrogen and oxygen atoms in total. The Labute approximate surface area is 75.3 Å². The SMILES string of the molecule is NCCOCCNS(=O)(=O)C(F)F. The number of ether oxygens (including phenoxy) is 1. The minimum Gasteiger partial charge on any atom is -0.379 e. The van der Waals surface area contributed by atoms with Crippen LogP contribution in [0.3, 0.4) is 0 Å². The van der Waals surface area contributed by atoms with Crippen molar-refractivity contribution in [2.24, 2.45) is 5.73 Å². The van der Waals surface area contributed by atoms with E-state index in [1.54, 1.807) is 4.72 Å². The largest absolute Gasteiger partial charge is 0.379 e. The molecule has 0 atom stereocenters. The average Bonchev–Trinajstić information content (AvgIpc) is 2.03. The van der Waals surface area contributed by atoms with Crippen molar-refractivity contribution < 1.29 is 21.9 Å². The summed E-state index contributed by atoms with van der Waals surface area (Å²) < 4.78 is 50.6. The van der Waals surface area contributed by atoms with Gasteiger partial charge in [-0.3, -0.25) is 0 Å². The number of sulfonamides is 1. The minimum absolute atomic E-state index is 0.0309. The Hall–Kier alpha value is -0.310. The van der Waals surface area contributed by atoms with Crippen molar-refractivity contribution in [2.45, 2.75) is 5.76 Å². The summed E-state index contributed by atoms with van der Waals surface area (Å²) in [6.07, 6.45) is 0. The van der Waals surface area contributed by atoms with Crippen LogP contribution in [-0.2, 0) is 14.8 Å². The average molecular weight is 218 g/mol. The molecule has 0 saturated heterocycles. The fourth-order valence-electron chi connectivity index (χ4n) is 0.504. The number of rotatable bonds is 7. The molecule has 0 bridgehead atoms. The first kappa shape index (κ1) is 12.7. The summed E-state index contributed by atoms with van der Waals surface area (Å²) in [5.41, 5.74) is 5.06. The van der Waals surface area contributed by atoms with Gasteiger partial charge in [0.1, 0.15) is 0 Å². The Balaban J connectivity index is 3.53. The van der Waals surface area contributed by atoms with Gasteiger partial charge in [-0.25, -0.2) is 13.1 Å². The lowest BCUT2D eigenvalue weighted by Gasteiger charge is -2.05. The molecule has 0 rings (SSSR count). The Kier molecular flexibility index (Phi) is 6.04. The van der Waals surface area contributed by atoms with Gasteiger partial charge in [-0.15, -0.1) is 0 Å². The summed E-state index contributed by atoms with van der Waals surface area (Å²) in [5, 5.41) is 0. The molecule has 0 unspecified atom stereocenters. The van der Waals surface area contributed by atoms with E-state index in [-0.39, 0.29) is 19.8 Å². The van der Waals surface area contributed by atoms with Crippen LogP contribution < -0.4 is 10.5 Å². The summed E-state index contributed by atoms with van der Waals surface area (Å²) in [6.45, 7) is 0.438. The lowest BCUT2D eigenvalue weighted by molar-refractivity contribution is 0.146. The molecule has 0 aromatic rings. The van der Waals surface area contributed by atoms with E-state index in [1.807, 2.05) is 0 Å². The van der Waals surface area contributed by atoms with Gasteiger partial charge < -0.3 is 10.5 Å². The number of hydrogen-bond acceptors (Lipinski definition) is 4. The molecule has 8 heteroatoms. The Morgan fingerprint density at radius 1 is 1.38 bits per heavy atom. The molecule has 0 aliphatic carbocycles. The molecule has 0 aliphatic heterocycles. The quantitative estimate of drug-likeness (QED) is 0.543. The van der Waals surface area contributed by atoms with E-state index in [0.29, 0.717) is 6.54 Å². The molecule has 0 amide bonds. The summed E-state index contributed by atoms with van der Waals surface area (Å²) in [5.74, 6) is -3.40. The van der Waals surface area contributed by atoms with E-state index in [0.717, 1.165) is 0 Å². The second kappa shape index (κ2) is 6.19. The molecule has 0 aromatic heterocycles. The fraction of sp³-hybridized carbons (Fsp3) is 1.00. The number of nitrogens with two attached hydrogens (primary N) is 1. The Morgan fingerprint density at radius 2 is 2.00 bits per heavy atom. The Morgan fingerprint density at radius 3 is 2.46 bits per heavy atom. The molecule has 0 aliphatic rings. The predicted octanol–water partition coefficient (Wildman–Crippen LogP) is -0.896. The van der Waals surface area contributed by atoms with Crippen molar-refractivity contribution in [1.29, 1.82) is 0 Å². The smallest absolute Gasteiger partial charge is 0.350 e. The van der Waals surface area contributed by atoms with Crippen molar-refractivity contribution in [3.63, 3.8) is 0 Å². The number of nitrogens with one attached hydrogen (secondary N) is 1. The van der Waals surface area contributed by atoms with Crippen LogP contribution in [0.1, 0.15) is 0 Å². The van der Waals surface area contributed by atoms with E-state index in [4.69, 9.17) is 10.5 Å². The third kappa shape index (κ3) is 5.86. The van der Waals surface area contributed by atoms with Crippen LogP contribution in [0.25, 0.3) is 0 Å². The van der Waals surface area contributed by atoms with Crippen LogP contribution in [0.5, 0.6) is 0 Å². The van der Waals surface area contributed by atoms with Gasteiger partial charge in [-0.1, -0.05) is 0 Å². The lowest BCUT2D eigenvalue weighted by Crippen LogP contribution is -2.32. The maximum Gasteiger partial charge on any atom is 0.350 e. The van der Waals surface area contributed by atoms with Crippen molar-refractivity contribution >= 4 is 10.0 Å². The monoisotopic (exact) mass is 218 g/mol. The van der Waals surface area contributed by atoms with Crippen LogP contribution in [0.2, 0.25) is 0 Å². The van der Waals surface area contributed by atoms with E-state index >= 15 is 0 Å². The minimum atomic E-state index is -4.48. The molecule has 0 heterocycles. The maximum atomic E-state index is 11.7. The van der Waals surface area contributed by atoms with E-state index in [2.05, 4.69) is 0 Å². The van der Waals surface area contributed by atoms with Crippen molar-refractivity contribution in [2.75, 3.05) is 26.3 Å². The molecular formula is C5H12F2N2O3S. The van der Waals surface area contributed by atoms with Crippen LogP contribution in [0, 0.1) is 0 Å². The zero-order chi connectivity index (χ0) is 10.3. The highest BCUT2D eigenvalue weighted by Gasteiger charge is 2.22. The molecule has 0 fully saturated rings. The van der Waals surface area contributed by atoms with Gasteiger partial charge in [0.2, 0.25) is 0 Å². The fourth-order valence-corrected chi connectivity index (χ4v) is 0.998. The van der Waals surface area contributed by atoms with Crippen LogP contribution in [0.15, 0.2) is 0 Å². The summed E-state index contributed by atoms with van der Waals surface area (Å²) in [4.78, 5) is 0. The summed E-state index contributed by atoms with van der Waals surface area (Å²) in [7, 11) is -4.48. The molecule has 13 heavy (non-hydrogen) atoms. The normalized spacial score (nSPS) is 12.3. The van der Waals surface area contributed by atoms with E-state index in [1.165, 1.54) is 0 Å². The van der Waals surface area contributed by atoms with Crippen LogP contribution in [0.4, 0.5) is 8.78 Å². The van der Waals surface area contributed by atoms with Crippen molar-refractivity contribution in [1.82, 2.24) is 4.72 Å².